The number of aromatic hydroxyl groups is 1. The lowest BCUT2D eigenvalue weighted by Crippen LogP contribution is -2.00. The number of hydrogen-bond acceptors (Lipinski definition) is 5. The van der Waals surface area contributed by atoms with E-state index in [4.69, 9.17) is 4.52 Å². The lowest BCUT2D eigenvalue weighted by Gasteiger charge is -2.02. The minimum Gasteiger partial charge on any atom is -0.508 e. The second-order valence-electron chi connectivity index (χ2n) is 4.93. The molecule has 5 nitrogen and oxygen atoms in total. The molecule has 0 aliphatic heterocycles. The van der Waals surface area contributed by atoms with Gasteiger partial charge in [0.1, 0.15) is 5.75 Å². The molecule has 100 valence electrons. The van der Waals surface area contributed by atoms with E-state index in [9.17, 15) is 5.11 Å². The van der Waals surface area contributed by atoms with Crippen LogP contribution in [0.5, 0.6) is 5.75 Å². The summed E-state index contributed by atoms with van der Waals surface area (Å²) in [5.74, 6) is 2.19. The van der Waals surface area contributed by atoms with Crippen LogP contribution in [-0.4, -0.2) is 15.2 Å². The fourth-order valence-electron chi connectivity index (χ4n) is 2.45. The number of hydrogen-bond donors (Lipinski definition) is 2. The molecular formula is C14H17N3O2. The highest BCUT2D eigenvalue weighted by atomic mass is 16.5. The minimum atomic E-state index is 0.256. The van der Waals surface area contributed by atoms with E-state index in [1.807, 2.05) is 12.1 Å². The Kier molecular flexibility index (Phi) is 3.35. The minimum absolute atomic E-state index is 0.256. The highest BCUT2D eigenvalue weighted by molar-refractivity contribution is 5.45. The van der Waals surface area contributed by atoms with Crippen molar-refractivity contribution in [1.82, 2.24) is 10.1 Å². The van der Waals surface area contributed by atoms with Gasteiger partial charge in [0.05, 0.1) is 6.54 Å². The summed E-state index contributed by atoms with van der Waals surface area (Å²) in [4.78, 5) is 4.44. The van der Waals surface area contributed by atoms with Gasteiger partial charge in [0.2, 0.25) is 5.89 Å². The molecule has 1 aliphatic rings. The first-order valence-electron chi connectivity index (χ1n) is 6.66. The number of phenols is 1. The van der Waals surface area contributed by atoms with Gasteiger partial charge in [-0.2, -0.15) is 4.98 Å². The number of nitrogens with zero attached hydrogens (tertiary/aromatic N) is 2. The van der Waals surface area contributed by atoms with E-state index in [-0.39, 0.29) is 5.75 Å². The molecule has 0 bridgehead atoms. The highest BCUT2D eigenvalue weighted by Gasteiger charge is 2.22. The van der Waals surface area contributed by atoms with Crippen molar-refractivity contribution < 1.29 is 9.63 Å². The molecule has 0 atom stereocenters. The van der Waals surface area contributed by atoms with E-state index < -0.39 is 0 Å². The molecule has 0 saturated heterocycles. The van der Waals surface area contributed by atoms with Gasteiger partial charge in [0.25, 0.3) is 0 Å². The summed E-state index contributed by atoms with van der Waals surface area (Å²) in [5, 5.41) is 16.4. The first-order valence-corrected chi connectivity index (χ1v) is 6.66. The summed E-state index contributed by atoms with van der Waals surface area (Å²) in [6.45, 7) is 0.504. The van der Waals surface area contributed by atoms with E-state index in [1.54, 1.807) is 12.1 Å². The second kappa shape index (κ2) is 5.30. The molecule has 1 heterocycles. The normalized spacial score (nSPS) is 15.8. The molecule has 0 unspecified atom stereocenters. The lowest BCUT2D eigenvalue weighted by molar-refractivity contribution is 0.374. The third-order valence-corrected chi connectivity index (χ3v) is 3.52. The molecule has 1 aromatic heterocycles. The van der Waals surface area contributed by atoms with Gasteiger partial charge in [0, 0.05) is 11.6 Å². The van der Waals surface area contributed by atoms with Crippen molar-refractivity contribution in [3.05, 3.63) is 36.0 Å². The highest BCUT2D eigenvalue weighted by Crippen LogP contribution is 2.32. The smallest absolute Gasteiger partial charge is 0.245 e. The summed E-state index contributed by atoms with van der Waals surface area (Å²) >= 11 is 0. The number of anilines is 1. The first kappa shape index (κ1) is 12.0. The summed E-state index contributed by atoms with van der Waals surface area (Å²) in [6.07, 6.45) is 4.87. The zero-order valence-electron chi connectivity index (χ0n) is 10.7. The average molecular weight is 259 g/mol. The maximum Gasteiger partial charge on any atom is 0.245 e. The van der Waals surface area contributed by atoms with Crippen molar-refractivity contribution in [2.24, 2.45) is 0 Å². The van der Waals surface area contributed by atoms with Gasteiger partial charge in [-0.05, 0) is 37.1 Å². The van der Waals surface area contributed by atoms with Gasteiger partial charge >= 0.3 is 0 Å². The van der Waals surface area contributed by atoms with E-state index in [1.165, 1.54) is 25.7 Å². The van der Waals surface area contributed by atoms with Gasteiger partial charge in [-0.3, -0.25) is 0 Å². The molecule has 0 amide bonds. The lowest BCUT2D eigenvalue weighted by atomic mass is 10.1. The Balaban J connectivity index is 1.59. The number of rotatable bonds is 4. The molecule has 1 fully saturated rings. The van der Waals surface area contributed by atoms with Crippen molar-refractivity contribution in [3.8, 4) is 5.75 Å². The van der Waals surface area contributed by atoms with Crippen molar-refractivity contribution in [3.63, 3.8) is 0 Å². The van der Waals surface area contributed by atoms with Crippen LogP contribution in [0.3, 0.4) is 0 Å². The molecule has 2 N–H and O–H groups in total. The second-order valence-corrected chi connectivity index (χ2v) is 4.93. The van der Waals surface area contributed by atoms with Crippen molar-refractivity contribution in [1.29, 1.82) is 0 Å². The molecule has 0 spiro atoms. The Bertz CT molecular complexity index is 530. The number of nitrogens with one attached hydrogen (secondary N) is 1. The fraction of sp³-hybridized carbons (Fsp3) is 0.429. The molecule has 1 aliphatic carbocycles. The number of aromatic nitrogens is 2. The zero-order valence-corrected chi connectivity index (χ0v) is 10.7. The predicted octanol–water partition coefficient (Wildman–Crippen LogP) is 3.04. The summed E-state index contributed by atoms with van der Waals surface area (Å²) in [7, 11) is 0. The Labute approximate surface area is 111 Å². The molecule has 1 saturated carbocycles. The van der Waals surface area contributed by atoms with Crippen LogP contribution in [0.1, 0.15) is 43.3 Å². The van der Waals surface area contributed by atoms with Gasteiger partial charge in [-0.25, -0.2) is 0 Å². The van der Waals surface area contributed by atoms with E-state index in [2.05, 4.69) is 15.5 Å². The molecule has 3 rings (SSSR count). The van der Waals surface area contributed by atoms with Crippen LogP contribution < -0.4 is 5.32 Å². The molecule has 0 radical (unpaired) electrons. The Morgan fingerprint density at radius 3 is 2.68 bits per heavy atom. The van der Waals surface area contributed by atoms with Crippen LogP contribution in [0.25, 0.3) is 0 Å². The quantitative estimate of drug-likeness (QED) is 0.826. The predicted molar refractivity (Wildman–Crippen MR) is 70.9 cm³/mol. The van der Waals surface area contributed by atoms with Gasteiger partial charge in [0.15, 0.2) is 5.82 Å². The largest absolute Gasteiger partial charge is 0.508 e. The summed E-state index contributed by atoms with van der Waals surface area (Å²) in [5.41, 5.74) is 0.915. The molecule has 1 aromatic carbocycles. The maximum absolute atomic E-state index is 9.20. The van der Waals surface area contributed by atoms with Crippen LogP contribution in [0.15, 0.2) is 28.8 Å². The molecule has 2 aromatic rings. The fourth-order valence-corrected chi connectivity index (χ4v) is 2.45. The van der Waals surface area contributed by atoms with Gasteiger partial charge in [-0.15, -0.1) is 0 Å². The van der Waals surface area contributed by atoms with Crippen molar-refractivity contribution >= 4 is 5.69 Å². The SMILES string of the molecule is Oc1ccc(NCc2nc(C3CCCC3)no2)cc1. The summed E-state index contributed by atoms with van der Waals surface area (Å²) in [6, 6.07) is 6.90. The zero-order chi connectivity index (χ0) is 13.1. The number of phenolic OH excluding ortho intramolecular Hbond substituents is 1. The van der Waals surface area contributed by atoms with E-state index in [0.717, 1.165) is 11.5 Å². The average Bonchev–Trinajstić information content (AvgIpc) is 3.09. The number of benzene rings is 1. The van der Waals surface area contributed by atoms with E-state index in [0.29, 0.717) is 18.4 Å². The Morgan fingerprint density at radius 2 is 1.95 bits per heavy atom. The molecule has 5 heteroatoms. The van der Waals surface area contributed by atoms with Crippen LogP contribution in [-0.2, 0) is 6.54 Å². The van der Waals surface area contributed by atoms with Gasteiger partial charge < -0.3 is 14.9 Å². The third kappa shape index (κ3) is 2.86. The van der Waals surface area contributed by atoms with Crippen LogP contribution >= 0.6 is 0 Å². The molecular weight excluding hydrogens is 242 g/mol. The van der Waals surface area contributed by atoms with Crippen LogP contribution in [0.2, 0.25) is 0 Å². The van der Waals surface area contributed by atoms with Crippen LogP contribution in [0.4, 0.5) is 5.69 Å². The Morgan fingerprint density at radius 1 is 1.21 bits per heavy atom. The van der Waals surface area contributed by atoms with Crippen molar-refractivity contribution in [2.75, 3.05) is 5.32 Å². The standard InChI is InChI=1S/C14H17N3O2/c18-12-7-5-11(6-8-12)15-9-13-16-14(17-19-13)10-3-1-2-4-10/h5-8,10,15,18H,1-4,9H2. The first-order chi connectivity index (χ1) is 9.31. The Hall–Kier alpha value is -2.04. The molecule has 19 heavy (non-hydrogen) atoms. The van der Waals surface area contributed by atoms with Crippen molar-refractivity contribution in [2.45, 2.75) is 38.1 Å². The topological polar surface area (TPSA) is 71.2 Å². The van der Waals surface area contributed by atoms with Gasteiger partial charge in [-0.1, -0.05) is 18.0 Å². The van der Waals surface area contributed by atoms with Crippen LogP contribution in [0, 0.1) is 0 Å². The third-order valence-electron chi connectivity index (χ3n) is 3.52. The summed E-state index contributed by atoms with van der Waals surface area (Å²) < 4.78 is 5.25. The maximum atomic E-state index is 9.20. The van der Waals surface area contributed by atoms with E-state index >= 15 is 0 Å². The monoisotopic (exact) mass is 259 g/mol.